The molecule has 1 fully saturated rings. The molecular weight excluding hydrogens is 339 g/mol. The van der Waals surface area contributed by atoms with Gasteiger partial charge in [0, 0.05) is 17.6 Å². The standard InChI is InChI=1S/C19H17FN2O4/c20-15-6-4-11(9-13(15)19(24)25)18-14-10-12(23)5-7-16(14)22(21-18)17-3-1-2-8-26-17/h4-7,9-10,17,23H,1-3,8H2,(H,24,25). The van der Waals surface area contributed by atoms with E-state index in [1.165, 1.54) is 12.1 Å². The topological polar surface area (TPSA) is 84.6 Å². The molecule has 2 heterocycles. The summed E-state index contributed by atoms with van der Waals surface area (Å²) in [5, 5.41) is 24.3. The van der Waals surface area contributed by atoms with Gasteiger partial charge in [0.05, 0.1) is 11.1 Å². The summed E-state index contributed by atoms with van der Waals surface area (Å²) >= 11 is 0. The molecule has 0 amide bonds. The second kappa shape index (κ2) is 6.42. The van der Waals surface area contributed by atoms with Gasteiger partial charge >= 0.3 is 5.97 Å². The van der Waals surface area contributed by atoms with Crippen molar-refractivity contribution >= 4 is 16.9 Å². The number of carbonyl (C=O) groups is 1. The summed E-state index contributed by atoms with van der Waals surface area (Å²) in [6.07, 6.45) is 2.63. The molecule has 6 nitrogen and oxygen atoms in total. The molecule has 1 atom stereocenters. The molecule has 2 aromatic carbocycles. The van der Waals surface area contributed by atoms with Crippen LogP contribution >= 0.6 is 0 Å². The summed E-state index contributed by atoms with van der Waals surface area (Å²) in [4.78, 5) is 11.2. The van der Waals surface area contributed by atoms with Crippen LogP contribution in [0.1, 0.15) is 35.8 Å². The highest BCUT2D eigenvalue weighted by Gasteiger charge is 2.23. The predicted octanol–water partition coefficient (Wildman–Crippen LogP) is 3.95. The second-order valence-electron chi connectivity index (χ2n) is 6.32. The number of carboxylic acids is 1. The zero-order chi connectivity index (χ0) is 18.3. The Morgan fingerprint density at radius 3 is 2.81 bits per heavy atom. The number of phenolic OH excluding ortho intramolecular Hbond substituents is 1. The lowest BCUT2D eigenvalue weighted by molar-refractivity contribution is -0.0365. The molecule has 1 aliphatic rings. The highest BCUT2D eigenvalue weighted by atomic mass is 19.1. The van der Waals surface area contributed by atoms with Gasteiger partial charge in [0.25, 0.3) is 0 Å². The van der Waals surface area contributed by atoms with Crippen LogP contribution in [0.2, 0.25) is 0 Å². The fourth-order valence-electron chi connectivity index (χ4n) is 3.31. The molecule has 1 aliphatic heterocycles. The van der Waals surface area contributed by atoms with Crippen LogP contribution in [0.5, 0.6) is 5.75 Å². The highest BCUT2D eigenvalue weighted by molar-refractivity contribution is 5.96. The molecule has 4 rings (SSSR count). The van der Waals surface area contributed by atoms with Gasteiger partial charge in [-0.2, -0.15) is 5.10 Å². The Morgan fingerprint density at radius 2 is 2.08 bits per heavy atom. The number of phenols is 1. The van der Waals surface area contributed by atoms with E-state index in [4.69, 9.17) is 4.74 Å². The molecule has 0 radical (unpaired) electrons. The van der Waals surface area contributed by atoms with Crippen molar-refractivity contribution in [3.63, 3.8) is 0 Å². The Balaban J connectivity index is 1.91. The van der Waals surface area contributed by atoms with Crippen LogP contribution in [-0.4, -0.2) is 32.6 Å². The number of nitrogens with zero attached hydrogens (tertiary/aromatic N) is 2. The zero-order valence-corrected chi connectivity index (χ0v) is 13.9. The first-order valence-corrected chi connectivity index (χ1v) is 8.40. The van der Waals surface area contributed by atoms with E-state index in [1.54, 1.807) is 22.9 Å². The number of hydrogen-bond donors (Lipinski definition) is 2. The molecule has 26 heavy (non-hydrogen) atoms. The van der Waals surface area contributed by atoms with E-state index in [2.05, 4.69) is 5.10 Å². The van der Waals surface area contributed by atoms with Gasteiger partial charge in [-0.25, -0.2) is 13.9 Å². The molecular formula is C19H17FN2O4. The van der Waals surface area contributed by atoms with E-state index in [9.17, 15) is 19.4 Å². The maximum absolute atomic E-state index is 13.7. The van der Waals surface area contributed by atoms with E-state index in [-0.39, 0.29) is 12.0 Å². The summed E-state index contributed by atoms with van der Waals surface area (Å²) in [6, 6.07) is 8.75. The molecule has 134 valence electrons. The normalized spacial score (nSPS) is 17.5. The smallest absolute Gasteiger partial charge is 0.338 e. The SMILES string of the molecule is O=C(O)c1cc(-c2nn(C3CCCCO3)c3ccc(O)cc23)ccc1F. The van der Waals surface area contributed by atoms with Crippen molar-refractivity contribution in [2.75, 3.05) is 6.61 Å². The van der Waals surface area contributed by atoms with Gasteiger partial charge in [0.15, 0.2) is 6.23 Å². The lowest BCUT2D eigenvalue weighted by Gasteiger charge is -2.23. The van der Waals surface area contributed by atoms with Gasteiger partial charge in [-0.1, -0.05) is 0 Å². The van der Waals surface area contributed by atoms with E-state index in [0.29, 0.717) is 23.3 Å². The number of aromatic hydroxyl groups is 1. The van der Waals surface area contributed by atoms with Gasteiger partial charge in [-0.3, -0.25) is 0 Å². The summed E-state index contributed by atoms with van der Waals surface area (Å²) in [6.45, 7) is 0.652. The summed E-state index contributed by atoms with van der Waals surface area (Å²) < 4.78 is 21.3. The third-order valence-corrected chi connectivity index (χ3v) is 4.59. The van der Waals surface area contributed by atoms with Gasteiger partial charge in [-0.05, 0) is 55.7 Å². The fourth-order valence-corrected chi connectivity index (χ4v) is 3.31. The number of hydrogen-bond acceptors (Lipinski definition) is 4. The van der Waals surface area contributed by atoms with Crippen LogP contribution in [0.4, 0.5) is 4.39 Å². The van der Waals surface area contributed by atoms with Gasteiger partial charge in [0.2, 0.25) is 0 Å². The number of ether oxygens (including phenoxy) is 1. The number of rotatable bonds is 3. The molecule has 7 heteroatoms. The first-order chi connectivity index (χ1) is 12.5. The fraction of sp³-hybridized carbons (Fsp3) is 0.263. The van der Waals surface area contributed by atoms with Crippen molar-refractivity contribution < 1.29 is 24.1 Å². The van der Waals surface area contributed by atoms with Crippen molar-refractivity contribution in [2.45, 2.75) is 25.5 Å². The quantitative estimate of drug-likeness (QED) is 0.742. The van der Waals surface area contributed by atoms with Crippen LogP contribution in [0, 0.1) is 5.82 Å². The first kappa shape index (κ1) is 16.5. The average molecular weight is 356 g/mol. The minimum atomic E-state index is -1.34. The summed E-state index contributed by atoms with van der Waals surface area (Å²) in [5.74, 6) is -2.07. The minimum Gasteiger partial charge on any atom is -0.508 e. The first-order valence-electron chi connectivity index (χ1n) is 8.40. The van der Waals surface area contributed by atoms with E-state index < -0.39 is 17.3 Å². The number of aromatic nitrogens is 2. The molecule has 2 N–H and O–H groups in total. The molecule has 1 aromatic heterocycles. The minimum absolute atomic E-state index is 0.0726. The maximum atomic E-state index is 13.7. The van der Waals surface area contributed by atoms with Crippen molar-refractivity contribution in [3.8, 4) is 17.0 Å². The molecule has 1 unspecified atom stereocenters. The molecule has 0 saturated carbocycles. The average Bonchev–Trinajstić information content (AvgIpc) is 3.01. The molecule has 1 saturated heterocycles. The third-order valence-electron chi connectivity index (χ3n) is 4.59. The van der Waals surface area contributed by atoms with Crippen molar-refractivity contribution in [3.05, 3.63) is 47.8 Å². The number of aromatic carboxylic acids is 1. The van der Waals surface area contributed by atoms with Crippen LogP contribution in [-0.2, 0) is 4.74 Å². The summed E-state index contributed by atoms with van der Waals surface area (Å²) in [7, 11) is 0. The van der Waals surface area contributed by atoms with E-state index in [0.717, 1.165) is 30.8 Å². The Morgan fingerprint density at radius 1 is 1.23 bits per heavy atom. The number of carboxylic acid groups (broad SMARTS) is 1. The Bertz CT molecular complexity index is 993. The van der Waals surface area contributed by atoms with Gasteiger partial charge in [-0.15, -0.1) is 0 Å². The Kier molecular flexibility index (Phi) is 4.08. The van der Waals surface area contributed by atoms with Gasteiger partial charge < -0.3 is 14.9 Å². The number of fused-ring (bicyclic) bond motifs is 1. The maximum Gasteiger partial charge on any atom is 0.338 e. The molecule has 0 aliphatic carbocycles. The van der Waals surface area contributed by atoms with E-state index in [1.807, 2.05) is 0 Å². The molecule has 0 bridgehead atoms. The van der Waals surface area contributed by atoms with Crippen LogP contribution in [0.3, 0.4) is 0 Å². The van der Waals surface area contributed by atoms with Crippen molar-refractivity contribution in [1.82, 2.24) is 9.78 Å². The Hall–Kier alpha value is -2.93. The third kappa shape index (κ3) is 2.80. The monoisotopic (exact) mass is 356 g/mol. The molecule has 3 aromatic rings. The highest BCUT2D eigenvalue weighted by Crippen LogP contribution is 2.35. The van der Waals surface area contributed by atoms with Gasteiger partial charge in [0.1, 0.15) is 17.3 Å². The lowest BCUT2D eigenvalue weighted by atomic mass is 10.0. The zero-order valence-electron chi connectivity index (χ0n) is 13.9. The predicted molar refractivity (Wildman–Crippen MR) is 92.6 cm³/mol. The largest absolute Gasteiger partial charge is 0.508 e. The lowest BCUT2D eigenvalue weighted by Crippen LogP contribution is -2.19. The Labute approximate surface area is 148 Å². The van der Waals surface area contributed by atoms with Crippen LogP contribution < -0.4 is 0 Å². The second-order valence-corrected chi connectivity index (χ2v) is 6.32. The van der Waals surface area contributed by atoms with Crippen LogP contribution in [0.15, 0.2) is 36.4 Å². The number of benzene rings is 2. The molecule has 0 spiro atoms. The van der Waals surface area contributed by atoms with Crippen LogP contribution in [0.25, 0.3) is 22.2 Å². The van der Waals surface area contributed by atoms with Crippen molar-refractivity contribution in [1.29, 1.82) is 0 Å². The summed E-state index contributed by atoms with van der Waals surface area (Å²) in [5.41, 5.74) is 1.30. The number of halogens is 1. The van der Waals surface area contributed by atoms with Crippen molar-refractivity contribution in [2.24, 2.45) is 0 Å². The van der Waals surface area contributed by atoms with E-state index >= 15 is 0 Å².